The fourth-order valence-corrected chi connectivity index (χ4v) is 3.04. The SMILES string of the molecule is O=S(=O)(Nc1ncc(C(F)(F)F)cc1Cl)c1cccc(C(F)(F)F)c1. The van der Waals surface area contributed by atoms with Gasteiger partial charge in [0, 0.05) is 6.20 Å². The third kappa shape index (κ3) is 4.54. The van der Waals surface area contributed by atoms with Gasteiger partial charge >= 0.3 is 12.4 Å². The average Bonchev–Trinajstić information content (AvgIpc) is 2.47. The van der Waals surface area contributed by atoms with E-state index >= 15 is 0 Å². The molecule has 0 aliphatic carbocycles. The minimum atomic E-state index is -4.77. The van der Waals surface area contributed by atoms with Crippen molar-refractivity contribution in [3.8, 4) is 0 Å². The van der Waals surface area contributed by atoms with E-state index in [0.717, 1.165) is 12.1 Å². The zero-order valence-electron chi connectivity index (χ0n) is 11.8. The average molecular weight is 405 g/mol. The van der Waals surface area contributed by atoms with Crippen LogP contribution in [0.1, 0.15) is 11.1 Å². The Morgan fingerprint density at radius 3 is 2.08 bits per heavy atom. The van der Waals surface area contributed by atoms with Gasteiger partial charge in [-0.2, -0.15) is 26.3 Å². The minimum Gasteiger partial charge on any atom is -0.262 e. The highest BCUT2D eigenvalue weighted by Crippen LogP contribution is 2.34. The number of benzene rings is 1. The largest absolute Gasteiger partial charge is 0.417 e. The topological polar surface area (TPSA) is 59.1 Å². The van der Waals surface area contributed by atoms with Gasteiger partial charge in [-0.05, 0) is 24.3 Å². The molecule has 0 fully saturated rings. The van der Waals surface area contributed by atoms with Crippen molar-refractivity contribution in [1.82, 2.24) is 4.98 Å². The normalized spacial score (nSPS) is 12.9. The van der Waals surface area contributed by atoms with Gasteiger partial charge in [0.2, 0.25) is 0 Å². The number of sulfonamides is 1. The molecule has 0 aliphatic heterocycles. The number of pyridine rings is 1. The molecule has 0 unspecified atom stereocenters. The first-order valence-corrected chi connectivity index (χ1v) is 8.09. The van der Waals surface area contributed by atoms with Crippen molar-refractivity contribution in [3.63, 3.8) is 0 Å². The Morgan fingerprint density at radius 1 is 0.960 bits per heavy atom. The van der Waals surface area contributed by atoms with Gasteiger partial charge in [-0.25, -0.2) is 13.4 Å². The molecule has 0 spiro atoms. The van der Waals surface area contributed by atoms with Crippen LogP contribution in [0.2, 0.25) is 5.02 Å². The lowest BCUT2D eigenvalue weighted by Gasteiger charge is -2.12. The fraction of sp³-hybridized carbons (Fsp3) is 0.154. The number of hydrogen-bond donors (Lipinski definition) is 1. The monoisotopic (exact) mass is 404 g/mol. The molecule has 0 bridgehead atoms. The zero-order valence-corrected chi connectivity index (χ0v) is 13.4. The number of nitrogens with zero attached hydrogens (tertiary/aromatic N) is 1. The predicted molar refractivity (Wildman–Crippen MR) is 76.5 cm³/mol. The van der Waals surface area contributed by atoms with Crippen LogP contribution in [0, 0.1) is 0 Å². The molecule has 0 amide bonds. The van der Waals surface area contributed by atoms with Gasteiger partial charge in [-0.1, -0.05) is 17.7 Å². The lowest BCUT2D eigenvalue weighted by Crippen LogP contribution is -2.16. The van der Waals surface area contributed by atoms with E-state index in [1.165, 1.54) is 0 Å². The summed E-state index contributed by atoms with van der Waals surface area (Å²) in [5.41, 5.74) is -2.42. The maximum Gasteiger partial charge on any atom is 0.417 e. The number of aromatic nitrogens is 1. The summed E-state index contributed by atoms with van der Waals surface area (Å²) in [7, 11) is -4.55. The highest BCUT2D eigenvalue weighted by Gasteiger charge is 2.33. The van der Waals surface area contributed by atoms with Gasteiger partial charge in [0.15, 0.2) is 5.82 Å². The van der Waals surface area contributed by atoms with Gasteiger partial charge in [-0.3, -0.25) is 4.72 Å². The molecule has 1 aromatic heterocycles. The lowest BCUT2D eigenvalue weighted by molar-refractivity contribution is -0.138. The molecule has 0 aliphatic rings. The molecular weight excluding hydrogens is 398 g/mol. The Hall–Kier alpha value is -2.01. The molecule has 12 heteroatoms. The lowest BCUT2D eigenvalue weighted by atomic mass is 10.2. The Balaban J connectivity index is 2.37. The van der Waals surface area contributed by atoms with Crippen molar-refractivity contribution in [3.05, 3.63) is 52.7 Å². The number of rotatable bonds is 3. The van der Waals surface area contributed by atoms with Gasteiger partial charge in [0.25, 0.3) is 10.0 Å². The molecule has 0 atom stereocenters. The molecule has 2 aromatic rings. The van der Waals surface area contributed by atoms with Crippen molar-refractivity contribution in [2.45, 2.75) is 17.2 Å². The van der Waals surface area contributed by atoms with E-state index in [0.29, 0.717) is 24.4 Å². The number of alkyl halides is 6. The Bertz CT molecular complexity index is 896. The standard InChI is InChI=1S/C13H7ClF6N2O2S/c14-10-5-8(13(18,19)20)6-21-11(10)22-25(23,24)9-3-1-2-7(4-9)12(15,16)17/h1-6H,(H,21,22). The molecule has 0 saturated carbocycles. The van der Waals surface area contributed by atoms with Crippen molar-refractivity contribution in [2.24, 2.45) is 0 Å². The smallest absolute Gasteiger partial charge is 0.262 e. The second-order valence-electron chi connectivity index (χ2n) is 4.68. The Labute approximate surface area is 142 Å². The summed E-state index contributed by atoms with van der Waals surface area (Å²) in [5.74, 6) is -0.646. The van der Waals surface area contributed by atoms with Crippen LogP contribution in [0.15, 0.2) is 41.4 Å². The van der Waals surface area contributed by atoms with Crippen LogP contribution in [0.25, 0.3) is 0 Å². The van der Waals surface area contributed by atoms with Crippen LogP contribution < -0.4 is 4.72 Å². The van der Waals surface area contributed by atoms with E-state index in [1.54, 1.807) is 4.72 Å². The minimum absolute atomic E-state index is 0.343. The molecule has 1 N–H and O–H groups in total. The van der Waals surface area contributed by atoms with E-state index in [2.05, 4.69) is 4.98 Å². The molecule has 1 aromatic carbocycles. The predicted octanol–water partition coefficient (Wildman–Crippen LogP) is 4.57. The molecule has 2 rings (SSSR count). The van der Waals surface area contributed by atoms with Gasteiger partial charge in [-0.15, -0.1) is 0 Å². The van der Waals surface area contributed by atoms with E-state index in [9.17, 15) is 34.8 Å². The summed E-state index contributed by atoms with van der Waals surface area (Å²) in [6, 6.07) is 3.25. The van der Waals surface area contributed by atoms with Crippen LogP contribution in [0.4, 0.5) is 32.2 Å². The summed E-state index contributed by atoms with van der Waals surface area (Å²) in [4.78, 5) is 2.51. The highest BCUT2D eigenvalue weighted by molar-refractivity contribution is 7.92. The zero-order chi connectivity index (χ0) is 19.0. The van der Waals surface area contributed by atoms with Crippen LogP contribution in [0.5, 0.6) is 0 Å². The third-order valence-electron chi connectivity index (χ3n) is 2.87. The third-order valence-corrected chi connectivity index (χ3v) is 4.50. The van der Waals surface area contributed by atoms with Gasteiger partial charge in [0.1, 0.15) is 0 Å². The Kier molecular flexibility index (Phi) is 4.92. The van der Waals surface area contributed by atoms with Crippen molar-refractivity contribution < 1.29 is 34.8 Å². The maximum atomic E-state index is 12.6. The summed E-state index contributed by atoms with van der Waals surface area (Å²) < 4.78 is 101. The molecule has 0 saturated heterocycles. The second kappa shape index (κ2) is 6.37. The summed E-state index contributed by atoms with van der Waals surface area (Å²) in [6.07, 6.45) is -9.17. The molecule has 4 nitrogen and oxygen atoms in total. The molecule has 25 heavy (non-hydrogen) atoms. The van der Waals surface area contributed by atoms with Crippen LogP contribution in [0.3, 0.4) is 0 Å². The van der Waals surface area contributed by atoms with Crippen molar-refractivity contribution in [2.75, 3.05) is 4.72 Å². The van der Waals surface area contributed by atoms with E-state index < -0.39 is 49.2 Å². The fourth-order valence-electron chi connectivity index (χ4n) is 1.69. The number of hydrogen-bond acceptors (Lipinski definition) is 3. The number of halogens is 7. The second-order valence-corrected chi connectivity index (χ2v) is 6.77. The maximum absolute atomic E-state index is 12.6. The van der Waals surface area contributed by atoms with Crippen LogP contribution in [-0.2, 0) is 22.4 Å². The van der Waals surface area contributed by atoms with E-state index in [1.807, 2.05) is 0 Å². The summed E-state index contributed by atoms with van der Waals surface area (Å²) in [5, 5.41) is -0.662. The van der Waals surface area contributed by atoms with E-state index in [-0.39, 0.29) is 0 Å². The first-order chi connectivity index (χ1) is 11.3. The molecule has 136 valence electrons. The summed E-state index contributed by atoms with van der Waals surface area (Å²) >= 11 is 5.56. The Morgan fingerprint density at radius 2 is 1.56 bits per heavy atom. The van der Waals surface area contributed by atoms with Crippen LogP contribution >= 0.6 is 11.6 Å². The first kappa shape index (κ1) is 19.3. The van der Waals surface area contributed by atoms with Gasteiger partial charge in [0.05, 0.1) is 21.0 Å². The molecular formula is C13H7ClF6N2O2S. The number of nitrogens with one attached hydrogen (secondary N) is 1. The van der Waals surface area contributed by atoms with Gasteiger partial charge < -0.3 is 0 Å². The number of anilines is 1. The van der Waals surface area contributed by atoms with E-state index in [4.69, 9.17) is 11.6 Å². The van der Waals surface area contributed by atoms with Crippen molar-refractivity contribution >= 4 is 27.4 Å². The summed E-state index contributed by atoms with van der Waals surface area (Å²) in [6.45, 7) is 0. The molecule has 1 heterocycles. The quantitative estimate of drug-likeness (QED) is 0.762. The first-order valence-electron chi connectivity index (χ1n) is 6.23. The highest BCUT2D eigenvalue weighted by atomic mass is 35.5. The molecule has 0 radical (unpaired) electrons. The van der Waals surface area contributed by atoms with Crippen LogP contribution in [-0.4, -0.2) is 13.4 Å². The van der Waals surface area contributed by atoms with Crippen molar-refractivity contribution in [1.29, 1.82) is 0 Å².